The monoisotopic (exact) mass is 1410 g/mol. The first-order valence-electron chi connectivity index (χ1n) is 40.2. The number of phosphoric ester groups is 2. The first-order chi connectivity index (χ1) is 46.6. The Kier molecular flexibility index (Phi) is 68.7. The molecule has 0 aliphatic rings. The zero-order valence-electron chi connectivity index (χ0n) is 62.5. The normalized spacial score (nSPS) is 14.2. The highest BCUT2D eigenvalue weighted by atomic mass is 31.2. The standard InChI is InChI=1S/C77H150O17P2/c1-6-10-13-16-19-22-25-28-30-31-32-33-34-35-37-40-43-46-53-58-63-77(82)93-72(66-87-74(79)60-55-50-44-41-39-36-29-26-23-20-17-14-11-7-2)68-91-95(83,84)89-64-71(78)65-90-96(85,86)92-69-73(67-88-75(80)61-56-51-48-47-49-54-59-70(5)9-4)94-76(81)62-57-52-45-42-38-27-24-21-18-15-12-8-3/h70-73,78H,6-69H2,1-5H3,(H,83,84)(H,85,86)/t70?,71-,72-,73-/m1/s1. The van der Waals surface area contributed by atoms with Gasteiger partial charge < -0.3 is 33.8 Å². The molecule has 0 aromatic rings. The highest BCUT2D eigenvalue weighted by Gasteiger charge is 2.30. The lowest BCUT2D eigenvalue weighted by atomic mass is 10.00. The van der Waals surface area contributed by atoms with Crippen molar-refractivity contribution in [3.8, 4) is 0 Å². The quantitative estimate of drug-likeness (QED) is 0.0222. The van der Waals surface area contributed by atoms with Crippen molar-refractivity contribution in [1.82, 2.24) is 0 Å². The fraction of sp³-hybridized carbons (Fsp3) is 0.948. The van der Waals surface area contributed by atoms with Crippen LogP contribution in [0.3, 0.4) is 0 Å². The molecule has 570 valence electrons. The number of carbonyl (C=O) groups excluding carboxylic acids is 4. The number of ether oxygens (including phenoxy) is 4. The Morgan fingerprint density at radius 2 is 0.500 bits per heavy atom. The van der Waals surface area contributed by atoms with Crippen LogP contribution in [0.4, 0.5) is 0 Å². The number of phosphoric acid groups is 2. The van der Waals surface area contributed by atoms with Crippen LogP contribution in [0.5, 0.6) is 0 Å². The van der Waals surface area contributed by atoms with E-state index < -0.39 is 97.5 Å². The molecule has 0 fully saturated rings. The zero-order chi connectivity index (χ0) is 70.5. The maximum Gasteiger partial charge on any atom is 0.472 e. The molecule has 0 aliphatic heterocycles. The van der Waals surface area contributed by atoms with Gasteiger partial charge in [-0.05, 0) is 31.6 Å². The number of esters is 4. The third kappa shape index (κ3) is 69.2. The van der Waals surface area contributed by atoms with Crippen LogP contribution in [0.2, 0.25) is 0 Å². The first kappa shape index (κ1) is 94.1. The molecule has 0 radical (unpaired) electrons. The van der Waals surface area contributed by atoms with Crippen molar-refractivity contribution in [2.24, 2.45) is 5.92 Å². The van der Waals surface area contributed by atoms with E-state index in [1.807, 2.05) is 0 Å². The van der Waals surface area contributed by atoms with E-state index in [0.29, 0.717) is 25.7 Å². The topological polar surface area (TPSA) is 237 Å². The summed E-state index contributed by atoms with van der Waals surface area (Å²) < 4.78 is 68.5. The third-order valence-electron chi connectivity index (χ3n) is 18.4. The van der Waals surface area contributed by atoms with Crippen molar-refractivity contribution >= 4 is 39.5 Å². The maximum atomic E-state index is 13.1. The van der Waals surface area contributed by atoms with Gasteiger partial charge in [0.05, 0.1) is 26.4 Å². The Morgan fingerprint density at radius 3 is 0.740 bits per heavy atom. The van der Waals surface area contributed by atoms with Gasteiger partial charge in [0.15, 0.2) is 12.2 Å². The predicted molar refractivity (Wildman–Crippen MR) is 391 cm³/mol. The molecule has 0 aromatic heterocycles. The molecule has 0 saturated heterocycles. The molecule has 3 N–H and O–H groups in total. The highest BCUT2D eigenvalue weighted by molar-refractivity contribution is 7.47. The molecule has 0 heterocycles. The summed E-state index contributed by atoms with van der Waals surface area (Å²) in [5, 5.41) is 10.6. The lowest BCUT2D eigenvalue weighted by molar-refractivity contribution is -0.161. The summed E-state index contributed by atoms with van der Waals surface area (Å²) in [6.45, 7) is 7.26. The molecule has 96 heavy (non-hydrogen) atoms. The minimum absolute atomic E-state index is 0.107. The number of carbonyl (C=O) groups is 4. The molecule has 19 heteroatoms. The minimum atomic E-state index is -4.96. The largest absolute Gasteiger partial charge is 0.472 e. The van der Waals surface area contributed by atoms with Crippen molar-refractivity contribution in [2.75, 3.05) is 39.6 Å². The minimum Gasteiger partial charge on any atom is -0.462 e. The van der Waals surface area contributed by atoms with Crippen LogP contribution in [-0.2, 0) is 65.4 Å². The molecule has 0 saturated carbocycles. The Balaban J connectivity index is 5.22. The van der Waals surface area contributed by atoms with Crippen LogP contribution in [-0.4, -0.2) is 96.7 Å². The van der Waals surface area contributed by atoms with Crippen LogP contribution < -0.4 is 0 Å². The molecule has 0 aliphatic carbocycles. The van der Waals surface area contributed by atoms with E-state index in [1.165, 1.54) is 225 Å². The van der Waals surface area contributed by atoms with Crippen molar-refractivity contribution in [2.45, 2.75) is 425 Å². The first-order valence-corrected chi connectivity index (χ1v) is 43.2. The number of rotatable bonds is 77. The molecular formula is C77H150O17P2. The Bertz CT molecular complexity index is 1840. The van der Waals surface area contributed by atoms with Crippen LogP contribution in [0.15, 0.2) is 0 Å². The summed E-state index contributed by atoms with van der Waals surface area (Å²) in [4.78, 5) is 72.8. The number of unbranched alkanes of at least 4 members (excludes halogenated alkanes) is 48. The van der Waals surface area contributed by atoms with Gasteiger partial charge in [0.2, 0.25) is 0 Å². The summed E-state index contributed by atoms with van der Waals surface area (Å²) in [5.74, 6) is -1.38. The van der Waals surface area contributed by atoms with Crippen molar-refractivity contribution in [3.63, 3.8) is 0 Å². The van der Waals surface area contributed by atoms with Crippen LogP contribution >= 0.6 is 15.6 Å². The number of aliphatic hydroxyl groups is 1. The molecular weight excluding hydrogens is 1260 g/mol. The average molecular weight is 1410 g/mol. The molecule has 0 bridgehead atoms. The Hall–Kier alpha value is -1.94. The SMILES string of the molecule is CCCCCCCCCCCCCCCCCCCCCCC(=O)O[C@H](COC(=O)CCCCCCCCCCCCCCCC)COP(=O)(O)OC[C@@H](O)COP(=O)(O)OC[C@@H](COC(=O)CCCCCCCCC(C)CC)OC(=O)CCCCCCCCCCCCCC. The van der Waals surface area contributed by atoms with Gasteiger partial charge in [-0.25, -0.2) is 9.13 Å². The molecule has 0 amide bonds. The molecule has 3 unspecified atom stereocenters. The van der Waals surface area contributed by atoms with E-state index >= 15 is 0 Å². The van der Waals surface area contributed by atoms with Crippen molar-refractivity contribution in [3.05, 3.63) is 0 Å². The lowest BCUT2D eigenvalue weighted by Gasteiger charge is -2.21. The number of hydrogen-bond donors (Lipinski definition) is 3. The van der Waals surface area contributed by atoms with E-state index in [9.17, 15) is 43.2 Å². The fourth-order valence-corrected chi connectivity index (χ4v) is 13.4. The van der Waals surface area contributed by atoms with E-state index in [4.69, 9.17) is 37.0 Å². The zero-order valence-corrected chi connectivity index (χ0v) is 64.3. The Labute approximate surface area is 588 Å². The molecule has 0 spiro atoms. The van der Waals surface area contributed by atoms with Gasteiger partial charge in [-0.3, -0.25) is 37.3 Å². The van der Waals surface area contributed by atoms with Gasteiger partial charge in [-0.2, -0.15) is 0 Å². The summed E-state index contributed by atoms with van der Waals surface area (Å²) in [7, 11) is -9.91. The van der Waals surface area contributed by atoms with Gasteiger partial charge in [-0.1, -0.05) is 356 Å². The molecule has 6 atom stereocenters. The summed E-state index contributed by atoms with van der Waals surface area (Å²) in [5.41, 5.74) is 0. The highest BCUT2D eigenvalue weighted by Crippen LogP contribution is 2.45. The van der Waals surface area contributed by atoms with Crippen LogP contribution in [0.25, 0.3) is 0 Å². The summed E-state index contributed by atoms with van der Waals surface area (Å²) in [6.07, 6.45) is 59.7. The van der Waals surface area contributed by atoms with E-state index in [1.54, 1.807) is 0 Å². The van der Waals surface area contributed by atoms with Gasteiger partial charge in [0, 0.05) is 25.7 Å². The van der Waals surface area contributed by atoms with E-state index in [0.717, 1.165) is 102 Å². The molecule has 17 nitrogen and oxygen atoms in total. The van der Waals surface area contributed by atoms with E-state index in [2.05, 4.69) is 34.6 Å². The van der Waals surface area contributed by atoms with Gasteiger partial charge in [0.1, 0.15) is 19.3 Å². The number of aliphatic hydroxyl groups excluding tert-OH is 1. The third-order valence-corrected chi connectivity index (χ3v) is 20.3. The smallest absolute Gasteiger partial charge is 0.462 e. The lowest BCUT2D eigenvalue weighted by Crippen LogP contribution is -2.30. The molecule has 0 rings (SSSR count). The van der Waals surface area contributed by atoms with E-state index in [-0.39, 0.29) is 25.7 Å². The number of hydrogen-bond acceptors (Lipinski definition) is 15. The van der Waals surface area contributed by atoms with Gasteiger partial charge >= 0.3 is 39.5 Å². The van der Waals surface area contributed by atoms with Crippen LogP contribution in [0.1, 0.15) is 407 Å². The van der Waals surface area contributed by atoms with Crippen molar-refractivity contribution < 1.29 is 80.2 Å². The second-order valence-corrected chi connectivity index (χ2v) is 30.9. The maximum absolute atomic E-state index is 13.1. The predicted octanol–water partition coefficient (Wildman–Crippen LogP) is 22.9. The summed E-state index contributed by atoms with van der Waals surface area (Å²) >= 11 is 0. The van der Waals surface area contributed by atoms with Gasteiger partial charge in [-0.15, -0.1) is 0 Å². The van der Waals surface area contributed by atoms with Gasteiger partial charge in [0.25, 0.3) is 0 Å². The average Bonchev–Trinajstić information content (AvgIpc) is 1.22. The summed E-state index contributed by atoms with van der Waals surface area (Å²) in [6, 6.07) is 0. The fourth-order valence-electron chi connectivity index (χ4n) is 11.8. The second-order valence-electron chi connectivity index (χ2n) is 28.0. The second kappa shape index (κ2) is 70.1. The molecule has 0 aromatic carbocycles. The van der Waals surface area contributed by atoms with Crippen molar-refractivity contribution in [1.29, 1.82) is 0 Å². The van der Waals surface area contributed by atoms with Crippen LogP contribution in [0, 0.1) is 5.92 Å². The Morgan fingerprint density at radius 1 is 0.292 bits per heavy atom.